The van der Waals surface area contributed by atoms with Crippen LogP contribution < -0.4 is 10.9 Å². The number of amides is 2. The second-order valence-corrected chi connectivity index (χ2v) is 7.27. The number of piperidine rings is 1. The Balaban J connectivity index is 1.57. The van der Waals surface area contributed by atoms with Crippen molar-refractivity contribution in [2.45, 2.75) is 12.8 Å². The first-order valence-corrected chi connectivity index (χ1v) is 9.66. The van der Waals surface area contributed by atoms with E-state index in [1.54, 1.807) is 29.2 Å². The predicted octanol–water partition coefficient (Wildman–Crippen LogP) is 2.42. The average Bonchev–Trinajstić information content (AvgIpc) is 2.76. The molecule has 0 radical (unpaired) electrons. The highest BCUT2D eigenvalue weighted by atomic mass is 16.2. The summed E-state index contributed by atoms with van der Waals surface area (Å²) >= 11 is 0. The summed E-state index contributed by atoms with van der Waals surface area (Å²) in [6.45, 7) is 0.892. The molecule has 7 nitrogen and oxygen atoms in total. The van der Waals surface area contributed by atoms with E-state index in [9.17, 15) is 14.4 Å². The Morgan fingerprint density at radius 2 is 1.72 bits per heavy atom. The summed E-state index contributed by atoms with van der Waals surface area (Å²) in [5, 5.41) is 8.15. The van der Waals surface area contributed by atoms with E-state index in [1.807, 2.05) is 30.3 Å². The van der Waals surface area contributed by atoms with Crippen LogP contribution in [0.15, 0.2) is 59.4 Å². The molecule has 1 fully saturated rings. The minimum atomic E-state index is -0.285. The number of rotatable bonds is 3. The highest BCUT2D eigenvalue weighted by Crippen LogP contribution is 2.22. The van der Waals surface area contributed by atoms with Crippen molar-refractivity contribution >= 4 is 28.3 Å². The van der Waals surface area contributed by atoms with Gasteiger partial charge < -0.3 is 10.2 Å². The lowest BCUT2D eigenvalue weighted by Gasteiger charge is -2.32. The van der Waals surface area contributed by atoms with Crippen molar-refractivity contribution in [2.24, 2.45) is 13.0 Å². The number of carbonyl (C=O) groups is 2. The van der Waals surface area contributed by atoms with Crippen LogP contribution in [0.5, 0.6) is 0 Å². The molecule has 0 saturated carbocycles. The van der Waals surface area contributed by atoms with E-state index in [0.29, 0.717) is 23.9 Å². The maximum atomic E-state index is 13.2. The van der Waals surface area contributed by atoms with Crippen LogP contribution in [-0.2, 0) is 11.8 Å². The minimum Gasteiger partial charge on any atom is -0.336 e. The number of likely N-dealkylation sites (tertiary alicyclic amines) is 1. The van der Waals surface area contributed by atoms with Gasteiger partial charge in [-0.25, -0.2) is 4.68 Å². The van der Waals surface area contributed by atoms with Gasteiger partial charge in [0.25, 0.3) is 11.5 Å². The Hall–Kier alpha value is -3.48. The van der Waals surface area contributed by atoms with Crippen molar-refractivity contribution in [3.8, 4) is 0 Å². The standard InChI is InChI=1S/C22H22N4O3/c1-25-21(28)18-12-6-5-11-17(18)19(24-25)22(29)26-13-7-8-15(14-26)20(27)23-16-9-3-2-4-10-16/h2-6,9-12,15H,7-8,13-14H2,1H3,(H,23,27). The average molecular weight is 390 g/mol. The first-order chi connectivity index (χ1) is 14.0. The van der Waals surface area contributed by atoms with Crippen molar-refractivity contribution in [3.05, 3.63) is 70.6 Å². The molecule has 0 aliphatic carbocycles. The van der Waals surface area contributed by atoms with Gasteiger partial charge in [0, 0.05) is 31.2 Å². The molecule has 1 unspecified atom stereocenters. The van der Waals surface area contributed by atoms with Crippen LogP contribution in [0.25, 0.3) is 10.8 Å². The number of hydrogen-bond acceptors (Lipinski definition) is 4. The SMILES string of the molecule is Cn1nc(C(=O)N2CCCC(C(=O)Nc3ccccc3)C2)c2ccccc2c1=O. The number of fused-ring (bicyclic) bond motifs is 1. The lowest BCUT2D eigenvalue weighted by Crippen LogP contribution is -2.44. The summed E-state index contributed by atoms with van der Waals surface area (Å²) in [6.07, 6.45) is 1.46. The zero-order chi connectivity index (χ0) is 20.4. The Morgan fingerprint density at radius 1 is 1.03 bits per heavy atom. The zero-order valence-electron chi connectivity index (χ0n) is 16.2. The van der Waals surface area contributed by atoms with Crippen molar-refractivity contribution in [2.75, 3.05) is 18.4 Å². The third-order valence-corrected chi connectivity index (χ3v) is 5.28. The van der Waals surface area contributed by atoms with Crippen LogP contribution in [0.1, 0.15) is 23.3 Å². The van der Waals surface area contributed by atoms with Crippen LogP contribution in [0.3, 0.4) is 0 Å². The van der Waals surface area contributed by atoms with Crippen LogP contribution >= 0.6 is 0 Å². The molecule has 4 rings (SSSR count). The molecule has 1 N–H and O–H groups in total. The lowest BCUT2D eigenvalue weighted by molar-refractivity contribution is -0.121. The fourth-order valence-electron chi connectivity index (χ4n) is 3.75. The smallest absolute Gasteiger partial charge is 0.274 e. The Morgan fingerprint density at radius 3 is 2.48 bits per heavy atom. The quantitative estimate of drug-likeness (QED) is 0.744. The highest BCUT2D eigenvalue weighted by Gasteiger charge is 2.30. The van der Waals surface area contributed by atoms with Crippen LogP contribution in [0.4, 0.5) is 5.69 Å². The van der Waals surface area contributed by atoms with Gasteiger partial charge in [0.1, 0.15) is 0 Å². The Kier molecular flexibility index (Phi) is 5.12. The van der Waals surface area contributed by atoms with Crippen LogP contribution in [0.2, 0.25) is 0 Å². The van der Waals surface area contributed by atoms with E-state index in [-0.39, 0.29) is 29.0 Å². The maximum Gasteiger partial charge on any atom is 0.274 e. The molecular formula is C22H22N4O3. The number of para-hydroxylation sites is 1. The Bertz CT molecular complexity index is 1120. The highest BCUT2D eigenvalue weighted by molar-refractivity contribution is 6.05. The third kappa shape index (κ3) is 3.76. The predicted molar refractivity (Wildman–Crippen MR) is 111 cm³/mol. The summed E-state index contributed by atoms with van der Waals surface area (Å²) in [4.78, 5) is 39.9. The van der Waals surface area contributed by atoms with Gasteiger partial charge in [-0.05, 0) is 31.0 Å². The molecule has 1 atom stereocenters. The van der Waals surface area contributed by atoms with Gasteiger partial charge in [-0.2, -0.15) is 5.10 Å². The third-order valence-electron chi connectivity index (χ3n) is 5.28. The van der Waals surface area contributed by atoms with Gasteiger partial charge in [-0.1, -0.05) is 36.4 Å². The molecule has 1 aromatic heterocycles. The fraction of sp³-hybridized carbons (Fsp3) is 0.273. The molecule has 0 bridgehead atoms. The molecule has 2 aromatic carbocycles. The van der Waals surface area contributed by atoms with Crippen LogP contribution in [0, 0.1) is 5.92 Å². The summed E-state index contributed by atoms with van der Waals surface area (Å²) in [7, 11) is 1.54. The number of nitrogens with zero attached hydrogens (tertiary/aromatic N) is 3. The van der Waals surface area contributed by atoms with E-state index in [0.717, 1.165) is 18.5 Å². The number of carbonyl (C=O) groups excluding carboxylic acids is 2. The van der Waals surface area contributed by atoms with Gasteiger partial charge in [-0.3, -0.25) is 14.4 Å². The molecule has 1 saturated heterocycles. The molecule has 1 aliphatic heterocycles. The molecule has 7 heteroatoms. The Labute approximate surface area is 167 Å². The number of hydrogen-bond donors (Lipinski definition) is 1. The fourth-order valence-corrected chi connectivity index (χ4v) is 3.75. The summed E-state index contributed by atoms with van der Waals surface area (Å²) in [6, 6.07) is 16.3. The minimum absolute atomic E-state index is 0.0908. The number of benzene rings is 2. The van der Waals surface area contributed by atoms with Gasteiger partial charge in [0.05, 0.1) is 11.3 Å². The molecule has 3 aromatic rings. The number of nitrogens with one attached hydrogen (secondary N) is 1. The summed E-state index contributed by atoms with van der Waals surface area (Å²) in [5.41, 5.74) is 0.745. The maximum absolute atomic E-state index is 13.2. The van der Waals surface area contributed by atoms with Gasteiger partial charge in [-0.15, -0.1) is 0 Å². The normalized spacial score (nSPS) is 16.6. The number of aromatic nitrogens is 2. The largest absolute Gasteiger partial charge is 0.336 e. The summed E-state index contributed by atoms with van der Waals surface area (Å²) in [5.74, 6) is -0.632. The van der Waals surface area contributed by atoms with E-state index in [4.69, 9.17) is 0 Å². The zero-order valence-corrected chi connectivity index (χ0v) is 16.2. The molecular weight excluding hydrogens is 368 g/mol. The second-order valence-electron chi connectivity index (χ2n) is 7.27. The molecule has 0 spiro atoms. The van der Waals surface area contributed by atoms with E-state index < -0.39 is 0 Å². The topological polar surface area (TPSA) is 84.3 Å². The van der Waals surface area contributed by atoms with Gasteiger partial charge in [0.2, 0.25) is 5.91 Å². The van der Waals surface area contributed by atoms with Crippen molar-refractivity contribution < 1.29 is 9.59 Å². The number of anilines is 1. The van der Waals surface area contributed by atoms with Crippen LogP contribution in [-0.4, -0.2) is 39.6 Å². The van der Waals surface area contributed by atoms with Crippen molar-refractivity contribution in [3.63, 3.8) is 0 Å². The number of aryl methyl sites for hydroxylation is 1. The molecule has 2 heterocycles. The molecule has 2 amide bonds. The monoisotopic (exact) mass is 390 g/mol. The summed E-state index contributed by atoms with van der Waals surface area (Å²) < 4.78 is 1.19. The molecule has 29 heavy (non-hydrogen) atoms. The molecule has 148 valence electrons. The van der Waals surface area contributed by atoms with E-state index in [2.05, 4.69) is 10.4 Å². The van der Waals surface area contributed by atoms with Crippen molar-refractivity contribution in [1.29, 1.82) is 0 Å². The first kappa shape index (κ1) is 18.9. The van der Waals surface area contributed by atoms with E-state index >= 15 is 0 Å². The lowest BCUT2D eigenvalue weighted by atomic mass is 9.96. The second kappa shape index (κ2) is 7.87. The van der Waals surface area contributed by atoms with Gasteiger partial charge in [0.15, 0.2) is 5.69 Å². The van der Waals surface area contributed by atoms with Crippen molar-refractivity contribution in [1.82, 2.24) is 14.7 Å². The first-order valence-electron chi connectivity index (χ1n) is 9.66. The molecule has 1 aliphatic rings. The van der Waals surface area contributed by atoms with E-state index in [1.165, 1.54) is 11.7 Å². The van der Waals surface area contributed by atoms with Gasteiger partial charge >= 0.3 is 0 Å².